The lowest BCUT2D eigenvalue weighted by atomic mass is 9.79. The molecule has 0 saturated heterocycles. The first-order valence-electron chi connectivity index (χ1n) is 11.5. The van der Waals surface area contributed by atoms with Crippen LogP contribution in [0.2, 0.25) is 0 Å². The summed E-state index contributed by atoms with van der Waals surface area (Å²) in [6.07, 6.45) is 7.42. The summed E-state index contributed by atoms with van der Waals surface area (Å²) < 4.78 is 12.0. The van der Waals surface area contributed by atoms with Crippen molar-refractivity contribution in [1.82, 2.24) is 5.32 Å². The van der Waals surface area contributed by atoms with Gasteiger partial charge in [-0.15, -0.1) is 0 Å². The third kappa shape index (κ3) is 4.25. The number of fused-ring (bicyclic) bond motifs is 2. The Hall–Kier alpha value is -2.83. The highest BCUT2D eigenvalue weighted by molar-refractivity contribution is 5.88. The number of aliphatic carboxylic acids is 1. The van der Waals surface area contributed by atoms with Gasteiger partial charge >= 0.3 is 11.6 Å². The van der Waals surface area contributed by atoms with Crippen LogP contribution in [-0.4, -0.2) is 28.6 Å². The van der Waals surface area contributed by atoms with E-state index in [4.69, 9.17) is 9.15 Å². The molecule has 1 aliphatic carbocycles. The number of amides is 1. The van der Waals surface area contributed by atoms with Gasteiger partial charge in [0.15, 0.2) is 0 Å². The summed E-state index contributed by atoms with van der Waals surface area (Å²) in [5.74, 6) is -1.09. The van der Waals surface area contributed by atoms with E-state index in [-0.39, 0.29) is 23.5 Å². The van der Waals surface area contributed by atoms with E-state index in [1.807, 2.05) is 12.1 Å². The van der Waals surface area contributed by atoms with E-state index in [0.29, 0.717) is 11.1 Å². The number of carbonyl (C=O) groups is 2. The van der Waals surface area contributed by atoms with Gasteiger partial charge in [-0.3, -0.25) is 4.79 Å². The van der Waals surface area contributed by atoms with E-state index >= 15 is 0 Å². The third-order valence-corrected chi connectivity index (χ3v) is 7.00. The minimum Gasteiger partial charge on any atom is -0.487 e. The van der Waals surface area contributed by atoms with Crippen molar-refractivity contribution in [3.05, 3.63) is 39.2 Å². The summed E-state index contributed by atoms with van der Waals surface area (Å²) in [4.78, 5) is 36.6. The van der Waals surface area contributed by atoms with Crippen LogP contribution in [0.15, 0.2) is 21.3 Å². The average molecular weight is 442 g/mol. The van der Waals surface area contributed by atoms with E-state index in [2.05, 4.69) is 5.32 Å². The van der Waals surface area contributed by atoms with Crippen LogP contribution < -0.4 is 15.7 Å². The molecule has 7 nitrogen and oxygen atoms in total. The molecule has 1 atom stereocenters. The molecule has 0 radical (unpaired) electrons. The van der Waals surface area contributed by atoms with Crippen molar-refractivity contribution in [3.63, 3.8) is 0 Å². The molecule has 1 aromatic carbocycles. The molecular formula is C25H31NO6. The van der Waals surface area contributed by atoms with Gasteiger partial charge in [0.05, 0.1) is 12.0 Å². The number of carboxylic acid groups (broad SMARTS) is 1. The second-order valence-electron chi connectivity index (χ2n) is 9.60. The predicted molar refractivity (Wildman–Crippen MR) is 120 cm³/mol. The van der Waals surface area contributed by atoms with Gasteiger partial charge in [-0.25, -0.2) is 9.59 Å². The zero-order chi connectivity index (χ0) is 23.0. The molecular weight excluding hydrogens is 410 g/mol. The highest BCUT2D eigenvalue weighted by Crippen LogP contribution is 2.43. The van der Waals surface area contributed by atoms with Crippen LogP contribution in [-0.2, 0) is 22.4 Å². The van der Waals surface area contributed by atoms with Gasteiger partial charge < -0.3 is 19.6 Å². The first-order valence-corrected chi connectivity index (χ1v) is 11.5. The van der Waals surface area contributed by atoms with Crippen molar-refractivity contribution >= 4 is 22.8 Å². The Morgan fingerprint density at radius 2 is 1.88 bits per heavy atom. The van der Waals surface area contributed by atoms with E-state index in [0.717, 1.165) is 42.4 Å². The number of nitrogens with one attached hydrogen (secondary N) is 1. The first-order chi connectivity index (χ1) is 15.2. The SMILES string of the molecule is Cc1c(CC(=O)N[C@@H](C(=O)O)C(C)C)c(=O)oc2cc3c(cc12)CCC1(CCCCC1)O3. The Balaban J connectivity index is 1.62. The van der Waals surface area contributed by atoms with Crippen LogP contribution >= 0.6 is 0 Å². The van der Waals surface area contributed by atoms with Crippen LogP contribution in [0, 0.1) is 12.8 Å². The van der Waals surface area contributed by atoms with E-state index in [1.165, 1.54) is 19.3 Å². The van der Waals surface area contributed by atoms with E-state index in [9.17, 15) is 19.5 Å². The molecule has 0 bridgehead atoms. The van der Waals surface area contributed by atoms with E-state index in [1.54, 1.807) is 20.8 Å². The highest BCUT2D eigenvalue weighted by Gasteiger charge is 2.37. The normalized spacial score (nSPS) is 18.2. The number of aryl methyl sites for hydroxylation is 2. The van der Waals surface area contributed by atoms with Gasteiger partial charge in [0.2, 0.25) is 5.91 Å². The summed E-state index contributed by atoms with van der Waals surface area (Å²) in [6.45, 7) is 5.24. The topological polar surface area (TPSA) is 106 Å². The van der Waals surface area contributed by atoms with Crippen LogP contribution in [0.3, 0.4) is 0 Å². The number of hydrogen-bond acceptors (Lipinski definition) is 5. The molecule has 1 amide bonds. The number of hydrogen-bond donors (Lipinski definition) is 2. The van der Waals surface area contributed by atoms with Gasteiger partial charge in [-0.05, 0) is 68.6 Å². The zero-order valence-corrected chi connectivity index (χ0v) is 19.0. The molecule has 1 aliphatic heterocycles. The van der Waals surface area contributed by atoms with Crippen molar-refractivity contribution in [2.75, 3.05) is 0 Å². The second kappa shape index (κ2) is 8.60. The van der Waals surface area contributed by atoms with Crippen LogP contribution in [0.5, 0.6) is 5.75 Å². The van der Waals surface area contributed by atoms with E-state index < -0.39 is 23.5 Å². The first kappa shape index (κ1) is 22.4. The lowest BCUT2D eigenvalue weighted by Gasteiger charge is -2.41. The van der Waals surface area contributed by atoms with Crippen LogP contribution in [0.25, 0.3) is 11.0 Å². The smallest absolute Gasteiger partial charge is 0.340 e. The summed E-state index contributed by atoms with van der Waals surface area (Å²) in [5.41, 5.74) is 1.81. The molecule has 2 aromatic rings. The third-order valence-electron chi connectivity index (χ3n) is 7.00. The van der Waals surface area contributed by atoms with Gasteiger partial charge in [-0.2, -0.15) is 0 Å². The Labute approximate surface area is 187 Å². The predicted octanol–water partition coefficient (Wildman–Crippen LogP) is 3.90. The average Bonchev–Trinajstić information content (AvgIpc) is 2.74. The maximum atomic E-state index is 12.7. The van der Waals surface area contributed by atoms with Crippen molar-refractivity contribution in [3.8, 4) is 5.75 Å². The number of carboxylic acids is 1. The second-order valence-corrected chi connectivity index (χ2v) is 9.60. The molecule has 1 saturated carbocycles. The Kier molecular flexibility index (Phi) is 6.01. The summed E-state index contributed by atoms with van der Waals surface area (Å²) in [6, 6.07) is 2.82. The van der Waals surface area contributed by atoms with Crippen LogP contribution in [0.4, 0.5) is 0 Å². The van der Waals surface area contributed by atoms with Gasteiger partial charge in [0, 0.05) is 11.5 Å². The van der Waals surface area contributed by atoms with Crippen molar-refractivity contribution in [1.29, 1.82) is 0 Å². The largest absolute Gasteiger partial charge is 0.487 e. The fourth-order valence-electron chi connectivity index (χ4n) is 5.05. The summed E-state index contributed by atoms with van der Waals surface area (Å²) >= 11 is 0. The maximum Gasteiger partial charge on any atom is 0.340 e. The van der Waals surface area contributed by atoms with Crippen molar-refractivity contribution in [2.24, 2.45) is 5.92 Å². The Morgan fingerprint density at radius 3 is 2.53 bits per heavy atom. The molecule has 1 spiro atoms. The quantitative estimate of drug-likeness (QED) is 0.682. The number of rotatable bonds is 5. The van der Waals surface area contributed by atoms with Crippen molar-refractivity contribution in [2.45, 2.75) is 83.8 Å². The molecule has 2 N–H and O–H groups in total. The Morgan fingerprint density at radius 1 is 1.16 bits per heavy atom. The standard InChI is InChI=1S/C25H31NO6/c1-14(2)22(23(28)29)26-21(27)12-18-15(3)17-11-16-7-10-25(8-5-4-6-9-25)32-19(16)13-20(17)31-24(18)30/h11,13-14,22H,4-10,12H2,1-3H3,(H,26,27)(H,28,29)/t22-/m1/s1. The minimum atomic E-state index is -1.10. The molecule has 2 aliphatic rings. The van der Waals surface area contributed by atoms with Crippen molar-refractivity contribution < 1.29 is 23.8 Å². The van der Waals surface area contributed by atoms with Gasteiger partial charge in [0.1, 0.15) is 23.0 Å². The number of carbonyl (C=O) groups excluding carboxylic acids is 1. The summed E-state index contributed by atoms with van der Waals surface area (Å²) in [5, 5.41) is 12.6. The number of ether oxygens (including phenoxy) is 1. The molecule has 32 heavy (non-hydrogen) atoms. The zero-order valence-electron chi connectivity index (χ0n) is 19.0. The maximum absolute atomic E-state index is 12.7. The fourth-order valence-corrected chi connectivity index (χ4v) is 5.05. The minimum absolute atomic E-state index is 0.0939. The summed E-state index contributed by atoms with van der Waals surface area (Å²) in [7, 11) is 0. The Bertz CT molecular complexity index is 1110. The molecule has 1 fully saturated rings. The molecule has 1 aromatic heterocycles. The molecule has 7 heteroatoms. The lowest BCUT2D eigenvalue weighted by Crippen LogP contribution is -2.45. The van der Waals surface area contributed by atoms with Gasteiger partial charge in [0.25, 0.3) is 0 Å². The van der Waals surface area contributed by atoms with Crippen LogP contribution in [0.1, 0.15) is 69.1 Å². The monoisotopic (exact) mass is 441 g/mol. The van der Waals surface area contributed by atoms with Gasteiger partial charge in [-0.1, -0.05) is 20.3 Å². The molecule has 172 valence electrons. The lowest BCUT2D eigenvalue weighted by molar-refractivity contribution is -0.143. The fraction of sp³-hybridized carbons (Fsp3) is 0.560. The molecule has 4 rings (SSSR count). The molecule has 0 unspecified atom stereocenters. The molecule has 2 heterocycles. The number of benzene rings is 1. The highest BCUT2D eigenvalue weighted by atomic mass is 16.5.